The molecule has 6 rings (SSSR count). The predicted molar refractivity (Wildman–Crippen MR) is 135 cm³/mol. The van der Waals surface area contributed by atoms with Gasteiger partial charge in [0.2, 0.25) is 0 Å². The summed E-state index contributed by atoms with van der Waals surface area (Å²) < 4.78 is 1.84. The highest BCUT2D eigenvalue weighted by atomic mass is 35.5. The molecule has 0 unspecified atom stereocenters. The maximum absolute atomic E-state index is 6.56. The van der Waals surface area contributed by atoms with Gasteiger partial charge in [0.25, 0.3) is 0 Å². The Hall–Kier alpha value is -4.36. The van der Waals surface area contributed by atoms with E-state index in [1.54, 1.807) is 12.4 Å². The van der Waals surface area contributed by atoms with Crippen LogP contribution in [-0.4, -0.2) is 29.7 Å². The Kier molecular flexibility index (Phi) is 4.71. The monoisotopic (exact) mass is 463 g/mol. The van der Waals surface area contributed by atoms with Gasteiger partial charge in [0.1, 0.15) is 5.82 Å². The number of para-hydroxylation sites is 1. The van der Waals surface area contributed by atoms with Crippen LogP contribution in [0.3, 0.4) is 0 Å². The van der Waals surface area contributed by atoms with Crippen LogP contribution in [0.15, 0.2) is 79.1 Å². The Balaban J connectivity index is 1.76. The Morgan fingerprint density at radius 2 is 1.53 bits per heavy atom. The van der Waals surface area contributed by atoms with Crippen molar-refractivity contribution in [2.45, 2.75) is 6.92 Å². The van der Waals surface area contributed by atoms with Gasteiger partial charge in [-0.2, -0.15) is 5.10 Å². The highest BCUT2D eigenvalue weighted by molar-refractivity contribution is 6.30. The number of nitrogens with zero attached hydrogens (tertiary/aromatic N) is 6. The summed E-state index contributed by atoms with van der Waals surface area (Å²) in [6, 6.07) is 21.2. The summed E-state index contributed by atoms with van der Waals surface area (Å²) >= 11 is 6.19. The molecule has 0 aliphatic heterocycles. The van der Waals surface area contributed by atoms with Crippen LogP contribution >= 0.6 is 11.6 Å². The number of rotatable bonds is 3. The number of pyridine rings is 2. The third kappa shape index (κ3) is 3.25. The molecule has 7 nitrogen and oxygen atoms in total. The van der Waals surface area contributed by atoms with Crippen molar-refractivity contribution >= 4 is 39.5 Å². The fourth-order valence-corrected chi connectivity index (χ4v) is 4.33. The van der Waals surface area contributed by atoms with Crippen LogP contribution in [0.4, 0.5) is 5.82 Å². The van der Waals surface area contributed by atoms with Gasteiger partial charge in [-0.1, -0.05) is 41.9 Å². The summed E-state index contributed by atoms with van der Waals surface area (Å²) in [5, 5.41) is 7.06. The molecule has 6 aromatic rings. The average Bonchev–Trinajstić information content (AvgIpc) is 3.20. The SMILES string of the molecule is Cc1nn(-c2ccccc2)c2nc3nc(-c4ccncc4)nc(N)c3c(-c3ccc(Cl)cc3)c12. The lowest BCUT2D eigenvalue weighted by atomic mass is 9.98. The van der Waals surface area contributed by atoms with Crippen molar-refractivity contribution in [3.8, 4) is 28.2 Å². The van der Waals surface area contributed by atoms with E-state index in [0.717, 1.165) is 33.5 Å². The number of hydrogen-bond acceptors (Lipinski definition) is 6. The van der Waals surface area contributed by atoms with Crippen LogP contribution in [0.5, 0.6) is 0 Å². The second-order valence-electron chi connectivity index (χ2n) is 7.89. The van der Waals surface area contributed by atoms with Gasteiger partial charge >= 0.3 is 0 Å². The smallest absolute Gasteiger partial charge is 0.168 e. The number of nitrogen functional groups attached to an aromatic ring is 1. The maximum Gasteiger partial charge on any atom is 0.168 e. The molecule has 0 saturated heterocycles. The first kappa shape index (κ1) is 20.3. The van der Waals surface area contributed by atoms with E-state index < -0.39 is 0 Å². The topological polar surface area (TPSA) is 95.4 Å². The first-order chi connectivity index (χ1) is 16.6. The molecule has 4 heterocycles. The zero-order valence-corrected chi connectivity index (χ0v) is 18.9. The summed E-state index contributed by atoms with van der Waals surface area (Å²) in [5.74, 6) is 0.840. The predicted octanol–water partition coefficient (Wildman–Crippen LogP) is 5.64. The minimum absolute atomic E-state index is 0.350. The molecular formula is C26H18ClN7. The number of hydrogen-bond donors (Lipinski definition) is 1. The normalized spacial score (nSPS) is 11.4. The first-order valence-corrected chi connectivity index (χ1v) is 11.1. The molecule has 0 aliphatic carbocycles. The third-order valence-electron chi connectivity index (χ3n) is 5.74. The Bertz CT molecular complexity index is 1660. The van der Waals surface area contributed by atoms with Gasteiger partial charge < -0.3 is 5.73 Å². The molecule has 0 fully saturated rings. The van der Waals surface area contributed by atoms with E-state index in [9.17, 15) is 0 Å². The zero-order valence-electron chi connectivity index (χ0n) is 18.1. The molecule has 0 amide bonds. The number of aromatic nitrogens is 6. The molecule has 0 bridgehead atoms. The van der Waals surface area contributed by atoms with Gasteiger partial charge in [-0.15, -0.1) is 0 Å². The van der Waals surface area contributed by atoms with E-state index in [1.165, 1.54) is 0 Å². The Labute approximate surface area is 199 Å². The number of aryl methyl sites for hydroxylation is 1. The van der Waals surface area contributed by atoms with Crippen molar-refractivity contribution in [1.29, 1.82) is 0 Å². The van der Waals surface area contributed by atoms with Crippen LogP contribution < -0.4 is 5.73 Å². The molecule has 164 valence electrons. The first-order valence-electron chi connectivity index (χ1n) is 10.7. The average molecular weight is 464 g/mol. The fraction of sp³-hybridized carbons (Fsp3) is 0.0385. The molecule has 0 saturated carbocycles. The van der Waals surface area contributed by atoms with Crippen molar-refractivity contribution in [3.63, 3.8) is 0 Å². The van der Waals surface area contributed by atoms with E-state index in [1.807, 2.05) is 78.3 Å². The van der Waals surface area contributed by atoms with Gasteiger partial charge in [0.05, 0.1) is 22.2 Å². The zero-order chi connectivity index (χ0) is 23.2. The molecule has 2 aromatic carbocycles. The quantitative estimate of drug-likeness (QED) is 0.365. The van der Waals surface area contributed by atoms with Crippen molar-refractivity contribution in [2.75, 3.05) is 5.73 Å². The van der Waals surface area contributed by atoms with E-state index in [0.29, 0.717) is 33.3 Å². The number of nitrogens with two attached hydrogens (primary N) is 1. The minimum atomic E-state index is 0.350. The summed E-state index contributed by atoms with van der Waals surface area (Å²) in [6.07, 6.45) is 3.39. The number of fused-ring (bicyclic) bond motifs is 2. The third-order valence-corrected chi connectivity index (χ3v) is 5.99. The number of benzene rings is 2. The molecule has 34 heavy (non-hydrogen) atoms. The number of halogens is 1. The highest BCUT2D eigenvalue weighted by Gasteiger charge is 2.22. The Morgan fingerprint density at radius 3 is 2.26 bits per heavy atom. The van der Waals surface area contributed by atoms with Crippen LogP contribution in [0.25, 0.3) is 50.3 Å². The lowest BCUT2D eigenvalue weighted by Crippen LogP contribution is -2.03. The van der Waals surface area contributed by atoms with Gasteiger partial charge in [0, 0.05) is 28.5 Å². The summed E-state index contributed by atoms with van der Waals surface area (Å²) in [7, 11) is 0. The van der Waals surface area contributed by atoms with Crippen molar-refractivity contribution in [3.05, 3.63) is 89.8 Å². The van der Waals surface area contributed by atoms with Gasteiger partial charge in [-0.25, -0.2) is 19.6 Å². The number of anilines is 1. The summed E-state index contributed by atoms with van der Waals surface area (Å²) in [4.78, 5) is 18.5. The van der Waals surface area contributed by atoms with Crippen molar-refractivity contribution in [1.82, 2.24) is 29.7 Å². The largest absolute Gasteiger partial charge is 0.383 e. The van der Waals surface area contributed by atoms with Gasteiger partial charge in [-0.3, -0.25) is 4.98 Å². The van der Waals surface area contributed by atoms with E-state index in [4.69, 9.17) is 32.4 Å². The Morgan fingerprint density at radius 1 is 0.794 bits per heavy atom. The molecule has 8 heteroatoms. The lowest BCUT2D eigenvalue weighted by Gasteiger charge is -2.13. The molecule has 0 atom stereocenters. The summed E-state index contributed by atoms with van der Waals surface area (Å²) in [5.41, 5.74) is 12.1. The molecule has 2 N–H and O–H groups in total. The lowest BCUT2D eigenvalue weighted by molar-refractivity contribution is 0.878. The second-order valence-corrected chi connectivity index (χ2v) is 8.33. The van der Waals surface area contributed by atoms with E-state index >= 15 is 0 Å². The van der Waals surface area contributed by atoms with E-state index in [2.05, 4.69) is 9.97 Å². The molecule has 0 radical (unpaired) electrons. The highest BCUT2D eigenvalue weighted by Crippen LogP contribution is 2.39. The van der Waals surface area contributed by atoms with Crippen molar-refractivity contribution in [2.24, 2.45) is 0 Å². The second kappa shape index (κ2) is 7.90. The van der Waals surface area contributed by atoms with Crippen LogP contribution in [0.2, 0.25) is 5.02 Å². The summed E-state index contributed by atoms with van der Waals surface area (Å²) in [6.45, 7) is 1.97. The van der Waals surface area contributed by atoms with Gasteiger partial charge in [-0.05, 0) is 48.9 Å². The standard InChI is InChI=1S/C26H18ClN7/c1-15-20-21(16-7-9-18(27)10-8-16)22-23(28)30-24(17-11-13-29-14-12-17)31-25(22)32-26(20)34(33-15)19-5-3-2-4-6-19/h2-14H,1H3,(H2,28,30,31,32). The molecule has 4 aromatic heterocycles. The van der Waals surface area contributed by atoms with Gasteiger partial charge in [0.15, 0.2) is 17.1 Å². The maximum atomic E-state index is 6.56. The van der Waals surface area contributed by atoms with Crippen LogP contribution in [-0.2, 0) is 0 Å². The fourth-order valence-electron chi connectivity index (χ4n) is 4.21. The van der Waals surface area contributed by atoms with Crippen LogP contribution in [0.1, 0.15) is 5.69 Å². The molecule has 0 spiro atoms. The van der Waals surface area contributed by atoms with Crippen molar-refractivity contribution < 1.29 is 0 Å². The van der Waals surface area contributed by atoms with E-state index in [-0.39, 0.29) is 0 Å². The molecule has 0 aliphatic rings. The molecular weight excluding hydrogens is 446 g/mol. The van der Waals surface area contributed by atoms with Crippen LogP contribution in [0, 0.1) is 6.92 Å². The minimum Gasteiger partial charge on any atom is -0.383 e.